The molecule has 1 rings (SSSR count). The van der Waals surface area contributed by atoms with Crippen molar-refractivity contribution in [1.29, 1.82) is 0 Å². The van der Waals surface area contributed by atoms with E-state index in [1.54, 1.807) is 18.2 Å². The first-order chi connectivity index (χ1) is 8.24. The monoisotopic (exact) mass is 312 g/mol. The van der Waals surface area contributed by atoms with Crippen molar-refractivity contribution in [2.45, 2.75) is 27.7 Å². The average molecular weight is 313 g/mol. The summed E-state index contributed by atoms with van der Waals surface area (Å²) in [5, 5.41) is 2.96. The first-order valence-electron chi connectivity index (χ1n) is 6.07. The summed E-state index contributed by atoms with van der Waals surface area (Å²) in [6.45, 7) is 9.26. The molecule has 0 saturated heterocycles. The van der Waals surface area contributed by atoms with Crippen LogP contribution >= 0.6 is 15.9 Å². The van der Waals surface area contributed by atoms with Gasteiger partial charge in [0.1, 0.15) is 0 Å². The van der Waals surface area contributed by atoms with Crippen LogP contribution in [0, 0.1) is 11.3 Å². The molecular formula is C14H21BrN2O. The Hall–Kier alpha value is -1.03. The summed E-state index contributed by atoms with van der Waals surface area (Å²) in [5.74, 6) is 0.427. The van der Waals surface area contributed by atoms with Crippen LogP contribution in [-0.2, 0) is 0 Å². The van der Waals surface area contributed by atoms with Crippen molar-refractivity contribution in [2.24, 2.45) is 11.3 Å². The fraction of sp³-hybridized carbons (Fsp3) is 0.500. The summed E-state index contributed by atoms with van der Waals surface area (Å²) < 4.78 is 0.807. The second-order valence-corrected chi connectivity index (χ2v) is 6.42. The number of nitrogen functional groups attached to an aromatic ring is 1. The summed E-state index contributed by atoms with van der Waals surface area (Å²) in [6, 6.07) is 5.23. The molecule has 0 spiro atoms. The van der Waals surface area contributed by atoms with Crippen molar-refractivity contribution >= 4 is 27.5 Å². The van der Waals surface area contributed by atoms with Gasteiger partial charge in [0, 0.05) is 22.3 Å². The number of benzene rings is 1. The number of anilines is 1. The normalized spacial score (nSPS) is 11.7. The molecule has 0 aromatic heterocycles. The lowest BCUT2D eigenvalue weighted by Gasteiger charge is -2.29. The van der Waals surface area contributed by atoms with E-state index in [9.17, 15) is 4.79 Å². The smallest absolute Gasteiger partial charge is 0.251 e. The number of nitrogens with one attached hydrogen (secondary N) is 1. The number of hydrogen-bond donors (Lipinski definition) is 2. The lowest BCUT2D eigenvalue weighted by molar-refractivity contribution is 0.0925. The third-order valence-electron chi connectivity index (χ3n) is 3.53. The first-order valence-corrected chi connectivity index (χ1v) is 6.86. The molecule has 4 heteroatoms. The third kappa shape index (κ3) is 3.73. The van der Waals surface area contributed by atoms with Crippen molar-refractivity contribution in [3.63, 3.8) is 0 Å². The van der Waals surface area contributed by atoms with Crippen LogP contribution in [0.1, 0.15) is 38.1 Å². The third-order valence-corrected chi connectivity index (χ3v) is 4.25. The molecule has 1 aromatic rings. The second kappa shape index (κ2) is 5.74. The van der Waals surface area contributed by atoms with E-state index in [-0.39, 0.29) is 11.3 Å². The number of halogens is 1. The van der Waals surface area contributed by atoms with Crippen LogP contribution in [0.25, 0.3) is 0 Å². The molecule has 3 N–H and O–H groups in total. The molecule has 100 valence electrons. The Morgan fingerprint density at radius 2 is 2.06 bits per heavy atom. The van der Waals surface area contributed by atoms with Gasteiger partial charge in [-0.3, -0.25) is 4.79 Å². The van der Waals surface area contributed by atoms with E-state index in [2.05, 4.69) is 48.9 Å². The fourth-order valence-electron chi connectivity index (χ4n) is 1.30. The Bertz CT molecular complexity index is 441. The highest BCUT2D eigenvalue weighted by molar-refractivity contribution is 9.10. The van der Waals surface area contributed by atoms with Crippen molar-refractivity contribution in [3.05, 3.63) is 28.2 Å². The second-order valence-electron chi connectivity index (χ2n) is 5.56. The van der Waals surface area contributed by atoms with Gasteiger partial charge in [0.2, 0.25) is 0 Å². The molecule has 0 heterocycles. The predicted molar refractivity (Wildman–Crippen MR) is 79.5 cm³/mol. The Labute approximate surface area is 117 Å². The van der Waals surface area contributed by atoms with Crippen LogP contribution in [0.15, 0.2) is 22.7 Å². The number of rotatable bonds is 4. The lowest BCUT2D eigenvalue weighted by atomic mass is 9.81. The van der Waals surface area contributed by atoms with Crippen LogP contribution in [0.3, 0.4) is 0 Å². The SMILES string of the molecule is CC(C)C(C)(C)CNC(=O)c1ccc(Br)c(N)c1. The molecule has 1 aromatic carbocycles. The van der Waals surface area contributed by atoms with E-state index in [0.29, 0.717) is 23.7 Å². The van der Waals surface area contributed by atoms with Crippen molar-refractivity contribution < 1.29 is 4.79 Å². The van der Waals surface area contributed by atoms with Gasteiger partial charge < -0.3 is 11.1 Å². The highest BCUT2D eigenvalue weighted by Crippen LogP contribution is 2.25. The summed E-state index contributed by atoms with van der Waals surface area (Å²) >= 11 is 3.31. The lowest BCUT2D eigenvalue weighted by Crippen LogP contribution is -2.36. The van der Waals surface area contributed by atoms with E-state index >= 15 is 0 Å². The van der Waals surface area contributed by atoms with E-state index in [0.717, 1.165) is 4.47 Å². The number of hydrogen-bond acceptors (Lipinski definition) is 2. The molecule has 1 amide bonds. The van der Waals surface area contributed by atoms with Gasteiger partial charge in [0.25, 0.3) is 5.91 Å². The minimum atomic E-state index is -0.0806. The maximum absolute atomic E-state index is 12.0. The topological polar surface area (TPSA) is 55.1 Å². The van der Waals surface area contributed by atoms with Gasteiger partial charge in [0.15, 0.2) is 0 Å². The minimum Gasteiger partial charge on any atom is -0.398 e. The Balaban J connectivity index is 2.69. The molecular weight excluding hydrogens is 292 g/mol. The van der Waals surface area contributed by atoms with E-state index in [1.165, 1.54) is 0 Å². The Morgan fingerprint density at radius 3 is 2.56 bits per heavy atom. The van der Waals surface area contributed by atoms with E-state index < -0.39 is 0 Å². The van der Waals surface area contributed by atoms with Gasteiger partial charge >= 0.3 is 0 Å². The average Bonchev–Trinajstić information content (AvgIpc) is 2.29. The van der Waals surface area contributed by atoms with Crippen molar-refractivity contribution in [2.75, 3.05) is 12.3 Å². The summed E-state index contributed by atoms with van der Waals surface area (Å²) in [6.07, 6.45) is 0. The molecule has 0 fully saturated rings. The van der Waals surface area contributed by atoms with Gasteiger partial charge in [-0.25, -0.2) is 0 Å². The van der Waals surface area contributed by atoms with Crippen LogP contribution < -0.4 is 11.1 Å². The highest BCUT2D eigenvalue weighted by Gasteiger charge is 2.23. The molecule has 0 saturated carbocycles. The maximum Gasteiger partial charge on any atom is 0.251 e. The predicted octanol–water partition coefficient (Wildman–Crippen LogP) is 3.44. The summed E-state index contributed by atoms with van der Waals surface area (Å²) in [5.41, 5.74) is 7.01. The number of carbonyl (C=O) groups is 1. The molecule has 0 bridgehead atoms. The zero-order valence-electron chi connectivity index (χ0n) is 11.4. The van der Waals surface area contributed by atoms with E-state index in [4.69, 9.17) is 5.73 Å². The molecule has 0 radical (unpaired) electrons. The number of nitrogens with two attached hydrogens (primary N) is 1. The molecule has 0 unspecified atom stereocenters. The van der Waals surface area contributed by atoms with E-state index in [1.807, 2.05) is 0 Å². The summed E-state index contributed by atoms with van der Waals surface area (Å²) in [4.78, 5) is 12.0. The Kier molecular flexibility index (Phi) is 4.79. The van der Waals surface area contributed by atoms with Gasteiger partial charge in [-0.2, -0.15) is 0 Å². The zero-order valence-corrected chi connectivity index (χ0v) is 13.0. The standard InChI is InChI=1S/C14H21BrN2O/c1-9(2)14(3,4)8-17-13(18)10-5-6-11(15)12(16)7-10/h5-7,9H,8,16H2,1-4H3,(H,17,18). The highest BCUT2D eigenvalue weighted by atomic mass is 79.9. The van der Waals surface area contributed by atoms with Gasteiger partial charge in [-0.15, -0.1) is 0 Å². The first kappa shape index (κ1) is 15.0. The molecule has 0 atom stereocenters. The molecule has 0 aliphatic rings. The van der Waals surface area contributed by atoms with Gasteiger partial charge in [0.05, 0.1) is 0 Å². The molecule has 0 aliphatic carbocycles. The quantitative estimate of drug-likeness (QED) is 0.837. The largest absolute Gasteiger partial charge is 0.398 e. The number of carbonyl (C=O) groups excluding carboxylic acids is 1. The van der Waals surface area contributed by atoms with Crippen LogP contribution in [0.5, 0.6) is 0 Å². The Morgan fingerprint density at radius 1 is 1.44 bits per heavy atom. The van der Waals surface area contributed by atoms with Crippen LogP contribution in [-0.4, -0.2) is 12.5 Å². The zero-order chi connectivity index (χ0) is 13.9. The van der Waals surface area contributed by atoms with Gasteiger partial charge in [-0.05, 0) is 45.5 Å². The van der Waals surface area contributed by atoms with Crippen LogP contribution in [0.2, 0.25) is 0 Å². The number of amides is 1. The molecule has 0 aliphatic heterocycles. The molecule has 18 heavy (non-hydrogen) atoms. The fourth-order valence-corrected chi connectivity index (χ4v) is 1.55. The van der Waals surface area contributed by atoms with Crippen LogP contribution in [0.4, 0.5) is 5.69 Å². The summed E-state index contributed by atoms with van der Waals surface area (Å²) in [7, 11) is 0. The minimum absolute atomic E-state index is 0.0799. The molecule has 3 nitrogen and oxygen atoms in total. The van der Waals surface area contributed by atoms with Crippen molar-refractivity contribution in [3.8, 4) is 0 Å². The van der Waals surface area contributed by atoms with Gasteiger partial charge in [-0.1, -0.05) is 27.7 Å². The van der Waals surface area contributed by atoms with Crippen molar-refractivity contribution in [1.82, 2.24) is 5.32 Å². The maximum atomic E-state index is 12.0.